The van der Waals surface area contributed by atoms with E-state index in [4.69, 9.17) is 9.84 Å². The van der Waals surface area contributed by atoms with Gasteiger partial charge in [-0.25, -0.2) is 0 Å². The number of allylic oxidation sites excluding steroid dienone is 2. The van der Waals surface area contributed by atoms with E-state index in [2.05, 4.69) is 66.8 Å². The van der Waals surface area contributed by atoms with Crippen LogP contribution in [0.3, 0.4) is 0 Å². The number of carboxylic acid groups (broad SMARTS) is 1. The first-order valence-electron chi connectivity index (χ1n) is 22.9. The molecule has 3 unspecified atom stereocenters. The number of hydrogen-bond acceptors (Lipinski definition) is 4. The van der Waals surface area contributed by atoms with Crippen molar-refractivity contribution in [1.29, 1.82) is 0 Å². The minimum absolute atomic E-state index is 0.00766. The molecule has 6 heteroatoms. The molecule has 4 saturated carbocycles. The Hall–Kier alpha value is -1.85. The number of carboxylic acids is 1. The van der Waals surface area contributed by atoms with Gasteiger partial charge in [-0.15, -0.1) is 0 Å². The lowest BCUT2D eigenvalue weighted by Gasteiger charge is -2.71. The number of rotatable bonds is 18. The first-order valence-corrected chi connectivity index (χ1v) is 22.9. The Bertz CT molecular complexity index is 1350. The van der Waals surface area contributed by atoms with E-state index in [0.717, 1.165) is 77.0 Å². The number of amides is 1. The van der Waals surface area contributed by atoms with Crippen LogP contribution in [0.2, 0.25) is 0 Å². The van der Waals surface area contributed by atoms with Crippen LogP contribution in [0.5, 0.6) is 0 Å². The van der Waals surface area contributed by atoms with Gasteiger partial charge in [0.2, 0.25) is 5.91 Å². The van der Waals surface area contributed by atoms with Crippen molar-refractivity contribution in [3.63, 3.8) is 0 Å². The highest BCUT2D eigenvalue weighted by molar-refractivity contribution is 5.84. The number of carbonyl (C=O) groups excluding carboxylic acids is 2. The van der Waals surface area contributed by atoms with E-state index in [9.17, 15) is 14.4 Å². The Labute approximate surface area is 330 Å². The fraction of sp³-hybridized carbons (Fsp3) is 0.896. The summed E-state index contributed by atoms with van der Waals surface area (Å²) in [6, 6.07) is 0. The van der Waals surface area contributed by atoms with Gasteiger partial charge >= 0.3 is 11.9 Å². The minimum Gasteiger partial charge on any atom is -0.481 e. The highest BCUT2D eigenvalue weighted by Gasteiger charge is 2.69. The lowest BCUT2D eigenvalue weighted by Crippen LogP contribution is -2.65. The molecule has 0 aliphatic heterocycles. The Morgan fingerprint density at radius 2 is 1.37 bits per heavy atom. The zero-order valence-electron chi connectivity index (χ0n) is 36.1. The maximum atomic E-state index is 14.3. The molecular weight excluding hydrogens is 671 g/mol. The smallest absolute Gasteiger partial charge is 0.306 e. The molecule has 0 aromatic carbocycles. The van der Waals surface area contributed by atoms with Crippen molar-refractivity contribution < 1.29 is 24.2 Å². The first kappa shape index (κ1) is 43.3. The van der Waals surface area contributed by atoms with Crippen LogP contribution in [0.1, 0.15) is 209 Å². The number of aliphatic carboxylic acids is 1. The SMILES string of the molecule is CCCCCCCCCCCC(=O)O[C@H]1CC[C@@]2(C)C(CC[C@]3(C)C2CC=C2C4CC(C)(C)CC[C@]4(C(=O)NCCCCCC(=O)O)CC[C@]23C)C1(C)C. The zero-order valence-corrected chi connectivity index (χ0v) is 36.1. The molecule has 4 fully saturated rings. The largest absolute Gasteiger partial charge is 0.481 e. The van der Waals surface area contributed by atoms with Crippen LogP contribution >= 0.6 is 0 Å². The van der Waals surface area contributed by atoms with E-state index >= 15 is 0 Å². The predicted octanol–water partition coefficient (Wildman–Crippen LogP) is 12.4. The van der Waals surface area contributed by atoms with Crippen molar-refractivity contribution >= 4 is 17.8 Å². The number of ether oxygens (including phenoxy) is 1. The van der Waals surface area contributed by atoms with E-state index in [-0.39, 0.29) is 62.8 Å². The Morgan fingerprint density at radius 1 is 0.741 bits per heavy atom. The number of hydrogen-bond donors (Lipinski definition) is 2. The van der Waals surface area contributed by atoms with E-state index in [1.54, 1.807) is 5.57 Å². The molecule has 1 amide bonds. The van der Waals surface area contributed by atoms with Gasteiger partial charge in [-0.1, -0.05) is 125 Å². The van der Waals surface area contributed by atoms with Gasteiger partial charge in [-0.3, -0.25) is 14.4 Å². The number of fused-ring (bicyclic) bond motifs is 7. The average Bonchev–Trinajstić information content (AvgIpc) is 3.10. The molecule has 0 radical (unpaired) electrons. The monoisotopic (exact) mass is 752 g/mol. The minimum atomic E-state index is -0.744. The first-order chi connectivity index (χ1) is 25.5. The maximum Gasteiger partial charge on any atom is 0.306 e. The van der Waals surface area contributed by atoms with Crippen molar-refractivity contribution in [2.75, 3.05) is 6.54 Å². The fourth-order valence-corrected chi connectivity index (χ4v) is 13.6. The zero-order chi connectivity index (χ0) is 39.4. The molecule has 0 aromatic heterocycles. The van der Waals surface area contributed by atoms with Gasteiger partial charge < -0.3 is 15.2 Å². The van der Waals surface area contributed by atoms with Crippen LogP contribution in [0.15, 0.2) is 11.6 Å². The van der Waals surface area contributed by atoms with Gasteiger partial charge in [-0.2, -0.15) is 0 Å². The van der Waals surface area contributed by atoms with Crippen molar-refractivity contribution in [3.05, 3.63) is 11.6 Å². The summed E-state index contributed by atoms with van der Waals surface area (Å²) in [5.74, 6) is 0.873. The molecule has 5 aliphatic rings. The van der Waals surface area contributed by atoms with Gasteiger partial charge in [0.05, 0.1) is 5.41 Å². The van der Waals surface area contributed by atoms with Gasteiger partial charge in [0.25, 0.3) is 0 Å². The van der Waals surface area contributed by atoms with Gasteiger partial charge in [0.15, 0.2) is 0 Å². The molecule has 2 N–H and O–H groups in total. The molecular formula is C48H81NO5. The number of esters is 1. The molecule has 6 nitrogen and oxygen atoms in total. The van der Waals surface area contributed by atoms with Crippen LogP contribution in [0.25, 0.3) is 0 Å². The summed E-state index contributed by atoms with van der Waals surface area (Å²) < 4.78 is 6.40. The predicted molar refractivity (Wildman–Crippen MR) is 220 cm³/mol. The number of unbranched alkanes of at least 4 members (excludes halogenated alkanes) is 10. The second-order valence-electron chi connectivity index (χ2n) is 21.2. The summed E-state index contributed by atoms with van der Waals surface area (Å²) in [6.45, 7) is 20.4. The van der Waals surface area contributed by atoms with E-state index in [0.29, 0.717) is 31.2 Å². The topological polar surface area (TPSA) is 92.7 Å². The normalized spacial score (nSPS) is 36.4. The second-order valence-corrected chi connectivity index (χ2v) is 21.2. The van der Waals surface area contributed by atoms with Gasteiger partial charge in [0.1, 0.15) is 6.10 Å². The number of nitrogens with one attached hydrogen (secondary N) is 1. The van der Waals surface area contributed by atoms with E-state index < -0.39 is 5.97 Å². The summed E-state index contributed by atoms with van der Waals surface area (Å²) in [4.78, 5) is 38.5. The third kappa shape index (κ3) is 8.53. The van der Waals surface area contributed by atoms with Crippen LogP contribution in [-0.4, -0.2) is 35.6 Å². The van der Waals surface area contributed by atoms with Crippen molar-refractivity contribution in [2.24, 2.45) is 50.2 Å². The molecule has 0 spiro atoms. The molecule has 0 bridgehead atoms. The molecule has 5 rings (SSSR count). The van der Waals surface area contributed by atoms with E-state index in [1.807, 2.05) is 0 Å². The Balaban J connectivity index is 1.25. The summed E-state index contributed by atoms with van der Waals surface area (Å²) >= 11 is 0. The second kappa shape index (κ2) is 17.3. The van der Waals surface area contributed by atoms with Gasteiger partial charge in [-0.05, 0) is 123 Å². The van der Waals surface area contributed by atoms with Crippen LogP contribution in [0.4, 0.5) is 0 Å². The van der Waals surface area contributed by atoms with Crippen molar-refractivity contribution in [1.82, 2.24) is 5.32 Å². The third-order valence-corrected chi connectivity index (χ3v) is 17.1. The summed E-state index contributed by atoms with van der Waals surface area (Å²) in [5, 5.41) is 12.4. The lowest BCUT2D eigenvalue weighted by molar-refractivity contribution is -0.213. The quantitative estimate of drug-likeness (QED) is 0.0826. The van der Waals surface area contributed by atoms with Crippen LogP contribution in [0, 0.1) is 50.2 Å². The number of carbonyl (C=O) groups is 3. The van der Waals surface area contributed by atoms with Crippen molar-refractivity contribution in [3.8, 4) is 0 Å². The summed E-state index contributed by atoms with van der Waals surface area (Å²) in [5.41, 5.74) is 1.80. The lowest BCUT2D eigenvalue weighted by atomic mass is 9.33. The van der Waals surface area contributed by atoms with Crippen LogP contribution in [-0.2, 0) is 19.1 Å². The third-order valence-electron chi connectivity index (χ3n) is 17.1. The highest BCUT2D eigenvalue weighted by atomic mass is 16.5. The molecule has 8 atom stereocenters. The molecule has 308 valence electrons. The molecule has 0 aromatic rings. The molecule has 0 heterocycles. The maximum absolute atomic E-state index is 14.3. The molecule has 5 aliphatic carbocycles. The molecule has 0 saturated heterocycles. The van der Waals surface area contributed by atoms with Crippen molar-refractivity contribution in [2.45, 2.75) is 216 Å². The highest BCUT2D eigenvalue weighted by Crippen LogP contribution is 2.76. The Kier molecular flexibility index (Phi) is 13.9. The van der Waals surface area contributed by atoms with Gasteiger partial charge in [0, 0.05) is 24.8 Å². The summed E-state index contributed by atoms with van der Waals surface area (Å²) in [6.07, 6.45) is 27.7. The fourth-order valence-electron chi connectivity index (χ4n) is 13.6. The van der Waals surface area contributed by atoms with E-state index in [1.165, 1.54) is 57.8 Å². The standard InChI is InChI=1S/C48H81NO5/c1-9-10-11-12-13-14-15-16-19-22-41(52)54-39-26-27-45(6)37(44(39,4)5)25-28-47(8)38(45)24-23-35-36-34-43(2,3)29-31-48(36,32-30-46(35,47)7)42(53)49-33-20-17-18-21-40(50)51/h23,36-39H,9-22,24-34H2,1-8H3,(H,49,53)(H,50,51)/t36?,37?,38?,39-,45-,46+,47+,48-/m0/s1. The van der Waals surface area contributed by atoms with Crippen LogP contribution < -0.4 is 5.32 Å². The molecule has 54 heavy (non-hydrogen) atoms. The summed E-state index contributed by atoms with van der Waals surface area (Å²) in [7, 11) is 0. The Morgan fingerprint density at radius 3 is 2.06 bits per heavy atom. The average molecular weight is 752 g/mol.